The molecule has 1 aliphatic carbocycles. The number of hydrogen-bond donors (Lipinski definition) is 2. The van der Waals surface area contributed by atoms with E-state index in [2.05, 4.69) is 24.2 Å². The minimum absolute atomic E-state index is 0.522. The molecule has 0 saturated heterocycles. The van der Waals surface area contributed by atoms with E-state index in [9.17, 15) is 0 Å². The van der Waals surface area contributed by atoms with Crippen LogP contribution in [0.25, 0.3) is 0 Å². The van der Waals surface area contributed by atoms with E-state index in [4.69, 9.17) is 5.84 Å². The minimum atomic E-state index is 0.522. The predicted molar refractivity (Wildman–Crippen MR) is 74.7 cm³/mol. The smallest absolute Gasteiger partial charge is 0.0250 e. The van der Waals surface area contributed by atoms with Crippen LogP contribution in [-0.4, -0.2) is 30.6 Å². The first kappa shape index (κ1) is 14.9. The first-order valence-corrected chi connectivity index (χ1v) is 7.50. The van der Waals surface area contributed by atoms with E-state index in [1.54, 1.807) is 0 Å². The highest BCUT2D eigenvalue weighted by Crippen LogP contribution is 2.26. The van der Waals surface area contributed by atoms with Crippen molar-refractivity contribution in [1.29, 1.82) is 0 Å². The van der Waals surface area contributed by atoms with Gasteiger partial charge in [-0.15, -0.1) is 0 Å². The van der Waals surface area contributed by atoms with Gasteiger partial charge in [0.15, 0.2) is 0 Å². The molecule has 3 N–H and O–H groups in total. The summed E-state index contributed by atoms with van der Waals surface area (Å²) < 4.78 is 0. The molecule has 1 unspecified atom stereocenters. The number of nitrogens with zero attached hydrogens (tertiary/aromatic N) is 1. The molecule has 0 aliphatic heterocycles. The predicted octanol–water partition coefficient (Wildman–Crippen LogP) is 2.52. The van der Waals surface area contributed by atoms with Crippen molar-refractivity contribution in [3.63, 3.8) is 0 Å². The number of hydrazine groups is 1. The summed E-state index contributed by atoms with van der Waals surface area (Å²) >= 11 is 0. The number of hydrogen-bond acceptors (Lipinski definition) is 3. The Morgan fingerprint density at radius 1 is 1.12 bits per heavy atom. The van der Waals surface area contributed by atoms with E-state index in [1.165, 1.54) is 51.5 Å². The first-order chi connectivity index (χ1) is 8.31. The summed E-state index contributed by atoms with van der Waals surface area (Å²) in [7, 11) is 0. The summed E-state index contributed by atoms with van der Waals surface area (Å²) in [4.78, 5) is 2.49. The molecule has 102 valence electrons. The van der Waals surface area contributed by atoms with Crippen molar-refractivity contribution < 1.29 is 0 Å². The zero-order chi connectivity index (χ0) is 12.5. The van der Waals surface area contributed by atoms with Crippen molar-refractivity contribution >= 4 is 0 Å². The molecule has 1 atom stereocenters. The summed E-state index contributed by atoms with van der Waals surface area (Å²) in [6.07, 6.45) is 9.57. The Hall–Kier alpha value is -0.120. The molecule has 1 fully saturated rings. The van der Waals surface area contributed by atoms with Gasteiger partial charge >= 0.3 is 0 Å². The third kappa shape index (κ3) is 5.36. The fourth-order valence-electron chi connectivity index (χ4n) is 3.03. The monoisotopic (exact) mass is 241 g/mol. The number of nitrogens with one attached hydrogen (secondary N) is 1. The van der Waals surface area contributed by atoms with Crippen LogP contribution >= 0.6 is 0 Å². The molecule has 0 bridgehead atoms. The van der Waals surface area contributed by atoms with Crippen LogP contribution in [0, 0.1) is 5.92 Å². The van der Waals surface area contributed by atoms with Crippen LogP contribution in [0.1, 0.15) is 58.8 Å². The van der Waals surface area contributed by atoms with Crippen molar-refractivity contribution in [2.75, 3.05) is 19.6 Å². The Kier molecular flexibility index (Phi) is 7.82. The van der Waals surface area contributed by atoms with Gasteiger partial charge in [0.1, 0.15) is 0 Å². The normalized spacial score (nSPS) is 20.5. The summed E-state index contributed by atoms with van der Waals surface area (Å²) in [6.45, 7) is 7.95. The highest BCUT2D eigenvalue weighted by Gasteiger charge is 2.21. The van der Waals surface area contributed by atoms with Crippen LogP contribution in [0.15, 0.2) is 0 Å². The van der Waals surface area contributed by atoms with Crippen LogP contribution in [0.5, 0.6) is 0 Å². The van der Waals surface area contributed by atoms with E-state index in [0.29, 0.717) is 6.04 Å². The van der Waals surface area contributed by atoms with Gasteiger partial charge in [0.25, 0.3) is 0 Å². The Labute approximate surface area is 107 Å². The van der Waals surface area contributed by atoms with Crippen molar-refractivity contribution in [2.45, 2.75) is 64.8 Å². The zero-order valence-corrected chi connectivity index (χ0v) is 11.8. The maximum atomic E-state index is 5.76. The van der Waals surface area contributed by atoms with Crippen molar-refractivity contribution in [1.82, 2.24) is 10.3 Å². The van der Waals surface area contributed by atoms with Gasteiger partial charge in [-0.1, -0.05) is 39.5 Å². The summed E-state index contributed by atoms with van der Waals surface area (Å²) in [6, 6.07) is 0.522. The van der Waals surface area contributed by atoms with E-state index in [-0.39, 0.29) is 0 Å². The molecule has 0 aromatic rings. The lowest BCUT2D eigenvalue weighted by atomic mass is 9.90. The Balaban J connectivity index is 2.35. The second-order valence-corrected chi connectivity index (χ2v) is 5.34. The second-order valence-electron chi connectivity index (χ2n) is 5.34. The third-order valence-electron chi connectivity index (χ3n) is 4.33. The van der Waals surface area contributed by atoms with Gasteiger partial charge in [-0.2, -0.15) is 0 Å². The standard InChI is InChI=1S/C14H31N3/c1-3-17(4-2)12-11-14(16-15)13-9-7-5-6-8-10-13/h13-14,16H,3-12,15H2,1-2H3. The molecule has 1 aliphatic rings. The van der Waals surface area contributed by atoms with Crippen molar-refractivity contribution in [2.24, 2.45) is 11.8 Å². The van der Waals surface area contributed by atoms with Crippen molar-refractivity contribution in [3.05, 3.63) is 0 Å². The van der Waals surface area contributed by atoms with Gasteiger partial charge in [-0.25, -0.2) is 0 Å². The molecule has 1 saturated carbocycles. The molecule has 0 aromatic heterocycles. The highest BCUT2D eigenvalue weighted by atomic mass is 15.2. The molecule has 0 heterocycles. The number of nitrogens with two attached hydrogens (primary N) is 1. The Morgan fingerprint density at radius 3 is 2.18 bits per heavy atom. The molecule has 0 aromatic carbocycles. The zero-order valence-electron chi connectivity index (χ0n) is 11.8. The number of rotatable bonds is 7. The van der Waals surface area contributed by atoms with E-state index in [1.807, 2.05) is 0 Å². The van der Waals surface area contributed by atoms with Gasteiger partial charge in [-0.3, -0.25) is 11.3 Å². The molecule has 3 heteroatoms. The van der Waals surface area contributed by atoms with Crippen molar-refractivity contribution in [3.8, 4) is 0 Å². The molecule has 3 nitrogen and oxygen atoms in total. The van der Waals surface area contributed by atoms with E-state index in [0.717, 1.165) is 19.0 Å². The molecular weight excluding hydrogens is 210 g/mol. The summed E-state index contributed by atoms with van der Waals surface area (Å²) in [5, 5.41) is 0. The molecule has 0 radical (unpaired) electrons. The molecule has 0 amide bonds. The van der Waals surface area contributed by atoms with Gasteiger partial charge < -0.3 is 4.90 Å². The minimum Gasteiger partial charge on any atom is -0.304 e. The molecular formula is C14H31N3. The van der Waals surface area contributed by atoms with Gasteiger partial charge in [0, 0.05) is 6.04 Å². The van der Waals surface area contributed by atoms with E-state index >= 15 is 0 Å². The lowest BCUT2D eigenvalue weighted by molar-refractivity contribution is 0.242. The van der Waals surface area contributed by atoms with Gasteiger partial charge in [0.05, 0.1) is 0 Å². The van der Waals surface area contributed by atoms with E-state index < -0.39 is 0 Å². The molecule has 1 rings (SSSR count). The third-order valence-corrected chi connectivity index (χ3v) is 4.33. The maximum absolute atomic E-state index is 5.76. The Morgan fingerprint density at radius 2 is 1.71 bits per heavy atom. The second kappa shape index (κ2) is 8.90. The average Bonchev–Trinajstić information content (AvgIpc) is 2.64. The summed E-state index contributed by atoms with van der Waals surface area (Å²) in [5.74, 6) is 6.56. The topological polar surface area (TPSA) is 41.3 Å². The lowest BCUT2D eigenvalue weighted by Gasteiger charge is -2.28. The van der Waals surface area contributed by atoms with Crippen LogP contribution in [-0.2, 0) is 0 Å². The SMILES string of the molecule is CCN(CC)CCC(NN)C1CCCCCC1. The van der Waals surface area contributed by atoms with Gasteiger partial charge in [0.2, 0.25) is 0 Å². The van der Waals surface area contributed by atoms with Crippen LogP contribution in [0.4, 0.5) is 0 Å². The maximum Gasteiger partial charge on any atom is 0.0250 e. The fourth-order valence-corrected chi connectivity index (χ4v) is 3.03. The molecule has 0 spiro atoms. The lowest BCUT2D eigenvalue weighted by Crippen LogP contribution is -2.43. The highest BCUT2D eigenvalue weighted by molar-refractivity contribution is 4.77. The van der Waals surface area contributed by atoms with Crippen LogP contribution < -0.4 is 11.3 Å². The Bertz CT molecular complexity index is 172. The molecule has 17 heavy (non-hydrogen) atoms. The summed E-state index contributed by atoms with van der Waals surface area (Å²) in [5.41, 5.74) is 3.08. The fraction of sp³-hybridized carbons (Fsp3) is 1.00. The first-order valence-electron chi connectivity index (χ1n) is 7.50. The quantitative estimate of drug-likeness (QED) is 0.409. The average molecular weight is 241 g/mol. The van der Waals surface area contributed by atoms with Crippen LogP contribution in [0.3, 0.4) is 0 Å². The largest absolute Gasteiger partial charge is 0.304 e. The van der Waals surface area contributed by atoms with Gasteiger partial charge in [-0.05, 0) is 44.8 Å². The van der Waals surface area contributed by atoms with Crippen LogP contribution in [0.2, 0.25) is 0 Å².